The molecule has 4 rings (SSSR count). The molecule has 0 spiro atoms. The van der Waals surface area contributed by atoms with E-state index in [4.69, 9.17) is 21.4 Å². The molecule has 1 aliphatic heterocycles. The van der Waals surface area contributed by atoms with Crippen molar-refractivity contribution in [3.05, 3.63) is 95.3 Å². The lowest BCUT2D eigenvalue weighted by atomic mass is 10.00. The highest BCUT2D eigenvalue weighted by Gasteiger charge is 2.43. The minimum atomic E-state index is -4.48. The van der Waals surface area contributed by atoms with E-state index in [0.29, 0.717) is 6.42 Å². The summed E-state index contributed by atoms with van der Waals surface area (Å²) in [4.78, 5) is 9.71. The first kappa shape index (κ1) is 22.5. The van der Waals surface area contributed by atoms with E-state index in [1.54, 1.807) is 24.5 Å². The molecule has 0 radical (unpaired) electrons. The van der Waals surface area contributed by atoms with E-state index in [0.717, 1.165) is 33.4 Å². The highest BCUT2D eigenvalue weighted by molar-refractivity contribution is 6.12. The molecule has 1 aliphatic rings. The van der Waals surface area contributed by atoms with Gasteiger partial charge in [0.25, 0.3) is 0 Å². The summed E-state index contributed by atoms with van der Waals surface area (Å²) in [5, 5.41) is 3.34. The zero-order valence-corrected chi connectivity index (χ0v) is 17.9. The smallest absolute Gasteiger partial charge is 0.416 e. The summed E-state index contributed by atoms with van der Waals surface area (Å²) >= 11 is 6.28. The van der Waals surface area contributed by atoms with Gasteiger partial charge in [-0.3, -0.25) is 15.1 Å². The number of rotatable bonds is 5. The van der Waals surface area contributed by atoms with Gasteiger partial charge >= 0.3 is 6.18 Å². The minimum Gasteiger partial charge on any atom is -0.470 e. The molecule has 1 fully saturated rings. The fraction of sp³-hybridized carbons (Fsp3) is 0.261. The molecule has 32 heavy (non-hydrogen) atoms. The molecule has 1 N–H and O–H groups in total. The Morgan fingerprint density at radius 1 is 1.16 bits per heavy atom. The summed E-state index contributed by atoms with van der Waals surface area (Å²) in [5.74, 6) is 0.0690. The molecule has 1 saturated heterocycles. The van der Waals surface area contributed by atoms with Crippen molar-refractivity contribution in [3.63, 3.8) is 0 Å². The third-order valence-corrected chi connectivity index (χ3v) is 5.42. The Morgan fingerprint density at radius 3 is 2.56 bits per heavy atom. The fourth-order valence-corrected chi connectivity index (χ4v) is 3.73. The van der Waals surface area contributed by atoms with Crippen LogP contribution in [0.3, 0.4) is 0 Å². The minimum absolute atomic E-state index is 0.0256. The van der Waals surface area contributed by atoms with Crippen molar-refractivity contribution in [1.82, 2.24) is 14.9 Å². The second-order valence-corrected chi connectivity index (χ2v) is 7.99. The Morgan fingerprint density at radius 2 is 1.88 bits per heavy atom. The van der Waals surface area contributed by atoms with Crippen LogP contribution in [0.2, 0.25) is 0 Å². The van der Waals surface area contributed by atoms with Crippen molar-refractivity contribution < 1.29 is 22.7 Å². The van der Waals surface area contributed by atoms with Crippen molar-refractivity contribution in [1.29, 1.82) is 0 Å². The van der Waals surface area contributed by atoms with Gasteiger partial charge < -0.3 is 4.74 Å². The Hall–Kier alpha value is -2.65. The van der Waals surface area contributed by atoms with E-state index in [-0.39, 0.29) is 12.4 Å². The molecule has 168 valence electrons. The lowest BCUT2D eigenvalue weighted by Crippen LogP contribution is -2.63. The first-order valence-corrected chi connectivity index (χ1v) is 10.3. The highest BCUT2D eigenvalue weighted by atomic mass is 35.5. The SMILES string of the molecule is Cc1ccc(CC2(Oc3cccc(C(F)(F)F)c3)CON(Cl)C(c3ccncc3)N2)cc1. The topological polar surface area (TPSA) is 46.6 Å². The van der Waals surface area contributed by atoms with Gasteiger partial charge in [-0.25, -0.2) is 0 Å². The van der Waals surface area contributed by atoms with Crippen LogP contribution in [0.5, 0.6) is 5.75 Å². The molecule has 2 atom stereocenters. The second kappa shape index (κ2) is 9.07. The largest absolute Gasteiger partial charge is 0.470 e. The summed E-state index contributed by atoms with van der Waals surface area (Å²) in [6, 6.07) is 16.1. The number of hydrogen-bond acceptors (Lipinski definition) is 5. The van der Waals surface area contributed by atoms with E-state index < -0.39 is 23.6 Å². The Bertz CT molecular complexity index is 1050. The molecule has 5 nitrogen and oxygen atoms in total. The van der Waals surface area contributed by atoms with E-state index in [1.807, 2.05) is 31.2 Å². The van der Waals surface area contributed by atoms with Crippen molar-refractivity contribution in [2.45, 2.75) is 31.4 Å². The van der Waals surface area contributed by atoms with Gasteiger partial charge in [0.1, 0.15) is 18.5 Å². The maximum atomic E-state index is 13.2. The number of nitrogens with zero attached hydrogens (tertiary/aromatic N) is 2. The average molecular weight is 464 g/mol. The van der Waals surface area contributed by atoms with Crippen LogP contribution < -0.4 is 10.1 Å². The molecule has 0 saturated carbocycles. The Kier molecular flexibility index (Phi) is 6.39. The fourth-order valence-electron chi connectivity index (χ4n) is 3.52. The zero-order valence-electron chi connectivity index (χ0n) is 17.1. The Labute approximate surface area is 188 Å². The van der Waals surface area contributed by atoms with Gasteiger partial charge in [-0.05, 0) is 48.4 Å². The van der Waals surface area contributed by atoms with E-state index in [2.05, 4.69) is 10.3 Å². The molecular weight excluding hydrogens is 443 g/mol. The highest BCUT2D eigenvalue weighted by Crippen LogP contribution is 2.35. The molecule has 1 aromatic heterocycles. The zero-order chi connectivity index (χ0) is 22.8. The van der Waals surface area contributed by atoms with Gasteiger partial charge in [0.2, 0.25) is 0 Å². The van der Waals surface area contributed by atoms with Crippen LogP contribution in [0.15, 0.2) is 73.1 Å². The standard InChI is InChI=1S/C23H21ClF3N3O2/c1-16-5-7-17(8-6-16)14-22(32-20-4-2-3-19(13-20)23(25,26)27)15-31-30(24)21(29-22)18-9-11-28-12-10-18/h2-13,21,29H,14-15H2,1H3. The lowest BCUT2D eigenvalue weighted by Gasteiger charge is -2.44. The van der Waals surface area contributed by atoms with Gasteiger partial charge in [-0.2, -0.15) is 13.2 Å². The number of alkyl halides is 3. The van der Waals surface area contributed by atoms with Crippen LogP contribution in [-0.4, -0.2) is 21.9 Å². The van der Waals surface area contributed by atoms with Crippen LogP contribution in [0.1, 0.15) is 28.4 Å². The Balaban J connectivity index is 1.69. The van der Waals surface area contributed by atoms with Crippen LogP contribution in [0, 0.1) is 6.92 Å². The van der Waals surface area contributed by atoms with Crippen molar-refractivity contribution in [2.24, 2.45) is 0 Å². The average Bonchev–Trinajstić information content (AvgIpc) is 2.77. The van der Waals surface area contributed by atoms with Gasteiger partial charge in [0, 0.05) is 30.6 Å². The van der Waals surface area contributed by atoms with E-state index >= 15 is 0 Å². The van der Waals surface area contributed by atoms with Crippen LogP contribution in [0.4, 0.5) is 13.2 Å². The van der Waals surface area contributed by atoms with Crippen molar-refractivity contribution in [2.75, 3.05) is 6.61 Å². The molecule has 3 aromatic rings. The number of benzene rings is 2. The summed E-state index contributed by atoms with van der Waals surface area (Å²) in [7, 11) is 0. The van der Waals surface area contributed by atoms with E-state index in [1.165, 1.54) is 12.1 Å². The van der Waals surface area contributed by atoms with Gasteiger partial charge in [0.15, 0.2) is 5.72 Å². The summed E-state index contributed by atoms with van der Waals surface area (Å²) in [6.45, 7) is 1.95. The third kappa shape index (κ3) is 5.21. The molecule has 0 amide bonds. The summed E-state index contributed by atoms with van der Waals surface area (Å²) in [5.41, 5.74) is 0.808. The van der Waals surface area contributed by atoms with Gasteiger partial charge in [-0.15, -0.1) is 0 Å². The molecule has 0 aliphatic carbocycles. The molecule has 2 heterocycles. The van der Waals surface area contributed by atoms with Gasteiger partial charge in [0.05, 0.1) is 5.56 Å². The number of aromatic nitrogens is 1. The van der Waals surface area contributed by atoms with Gasteiger partial charge in [-0.1, -0.05) is 40.5 Å². The first-order chi connectivity index (χ1) is 15.2. The summed E-state index contributed by atoms with van der Waals surface area (Å²) < 4.78 is 47.0. The third-order valence-electron chi connectivity index (χ3n) is 5.13. The van der Waals surface area contributed by atoms with Crippen LogP contribution >= 0.6 is 11.8 Å². The maximum Gasteiger partial charge on any atom is 0.416 e. The predicted molar refractivity (Wildman–Crippen MR) is 113 cm³/mol. The van der Waals surface area contributed by atoms with Crippen LogP contribution in [0.25, 0.3) is 0 Å². The summed E-state index contributed by atoms with van der Waals surface area (Å²) in [6.07, 6.45) is -1.54. The molecule has 9 heteroatoms. The number of hydroxylamine groups is 1. The molecule has 2 unspecified atom stereocenters. The van der Waals surface area contributed by atoms with Crippen molar-refractivity contribution >= 4 is 11.8 Å². The van der Waals surface area contributed by atoms with E-state index in [9.17, 15) is 13.2 Å². The van der Waals surface area contributed by atoms with Crippen LogP contribution in [-0.2, 0) is 17.4 Å². The number of pyridine rings is 1. The maximum absolute atomic E-state index is 13.2. The first-order valence-electron chi connectivity index (χ1n) is 9.91. The molecule has 2 aromatic carbocycles. The normalized spacial score (nSPS) is 22.0. The lowest BCUT2D eigenvalue weighted by molar-refractivity contribution is -0.228. The number of ether oxygens (including phenoxy) is 1. The number of aryl methyl sites for hydroxylation is 1. The number of halogens is 4. The molecule has 0 bridgehead atoms. The van der Waals surface area contributed by atoms with Crippen molar-refractivity contribution in [3.8, 4) is 5.75 Å². The number of hydrogen-bond donors (Lipinski definition) is 1. The second-order valence-electron chi connectivity index (χ2n) is 7.66. The number of nitrogens with one attached hydrogen (secondary N) is 1. The quantitative estimate of drug-likeness (QED) is 0.512. The molecular formula is C23H21ClF3N3O2. The monoisotopic (exact) mass is 463 g/mol. The predicted octanol–water partition coefficient (Wildman–Crippen LogP) is 5.42.